The van der Waals surface area contributed by atoms with Gasteiger partial charge in [-0.3, -0.25) is 9.59 Å². The normalized spacial score (nSPS) is 11.1. The fourth-order valence-electron chi connectivity index (χ4n) is 2.00. The third kappa shape index (κ3) is 5.73. The van der Waals surface area contributed by atoms with Crippen molar-refractivity contribution in [1.29, 1.82) is 0 Å². The highest BCUT2D eigenvalue weighted by Crippen LogP contribution is 2.33. The van der Waals surface area contributed by atoms with Gasteiger partial charge in [0.2, 0.25) is 11.8 Å². The molecule has 4 nitrogen and oxygen atoms in total. The van der Waals surface area contributed by atoms with Crippen molar-refractivity contribution in [1.82, 2.24) is 5.32 Å². The Labute approximate surface area is 151 Å². The van der Waals surface area contributed by atoms with E-state index in [1.165, 1.54) is 24.3 Å². The first-order valence-electron chi connectivity index (χ1n) is 7.33. The van der Waals surface area contributed by atoms with E-state index in [-0.39, 0.29) is 17.3 Å². The minimum absolute atomic E-state index is 0.0801. The molecule has 2 aromatic carbocycles. The van der Waals surface area contributed by atoms with Gasteiger partial charge in [-0.1, -0.05) is 23.7 Å². The Morgan fingerprint density at radius 1 is 1.00 bits per heavy atom. The molecule has 138 valence electrons. The largest absolute Gasteiger partial charge is 0.416 e. The smallest absolute Gasteiger partial charge is 0.352 e. The second-order valence-electron chi connectivity index (χ2n) is 5.32. The molecule has 0 aromatic heterocycles. The zero-order valence-corrected chi connectivity index (χ0v) is 13.9. The Bertz CT molecular complexity index is 807. The van der Waals surface area contributed by atoms with Gasteiger partial charge in [-0.05, 0) is 35.9 Å². The SMILES string of the molecule is O=C(CC(=O)Nc1cc(C(F)(F)F)ccc1Cl)NCc1ccc(F)cc1. The highest BCUT2D eigenvalue weighted by molar-refractivity contribution is 6.33. The Morgan fingerprint density at radius 3 is 2.27 bits per heavy atom. The van der Waals surface area contributed by atoms with Crippen molar-refractivity contribution in [2.24, 2.45) is 0 Å². The molecule has 0 fully saturated rings. The van der Waals surface area contributed by atoms with Gasteiger partial charge in [0.05, 0.1) is 16.3 Å². The molecule has 0 unspecified atom stereocenters. The van der Waals surface area contributed by atoms with Gasteiger partial charge in [0, 0.05) is 6.54 Å². The maximum atomic E-state index is 12.8. The third-order valence-corrected chi connectivity index (χ3v) is 3.62. The van der Waals surface area contributed by atoms with E-state index >= 15 is 0 Å². The number of hydrogen-bond donors (Lipinski definition) is 2. The van der Waals surface area contributed by atoms with Crippen LogP contribution in [0, 0.1) is 5.82 Å². The summed E-state index contributed by atoms with van der Waals surface area (Å²) >= 11 is 5.77. The lowest BCUT2D eigenvalue weighted by atomic mass is 10.2. The summed E-state index contributed by atoms with van der Waals surface area (Å²) in [7, 11) is 0. The molecule has 0 atom stereocenters. The van der Waals surface area contributed by atoms with Gasteiger partial charge in [-0.15, -0.1) is 0 Å². The van der Waals surface area contributed by atoms with Crippen molar-refractivity contribution < 1.29 is 27.2 Å². The van der Waals surface area contributed by atoms with Crippen LogP contribution < -0.4 is 10.6 Å². The summed E-state index contributed by atoms with van der Waals surface area (Å²) in [6, 6.07) is 7.88. The van der Waals surface area contributed by atoms with Crippen LogP contribution in [-0.2, 0) is 22.3 Å². The van der Waals surface area contributed by atoms with Crippen LogP contribution in [0.2, 0.25) is 5.02 Å². The molecule has 0 aliphatic rings. The van der Waals surface area contributed by atoms with Gasteiger partial charge in [0.15, 0.2) is 0 Å². The summed E-state index contributed by atoms with van der Waals surface area (Å²) in [5, 5.41) is 4.54. The van der Waals surface area contributed by atoms with Gasteiger partial charge in [-0.25, -0.2) is 4.39 Å². The van der Waals surface area contributed by atoms with E-state index in [0.717, 1.165) is 12.1 Å². The maximum absolute atomic E-state index is 12.8. The van der Waals surface area contributed by atoms with Crippen LogP contribution in [0.1, 0.15) is 17.5 Å². The van der Waals surface area contributed by atoms with E-state index in [0.29, 0.717) is 11.6 Å². The molecule has 0 saturated carbocycles. The number of carbonyl (C=O) groups is 2. The second-order valence-corrected chi connectivity index (χ2v) is 5.73. The van der Waals surface area contributed by atoms with Crippen molar-refractivity contribution in [2.45, 2.75) is 19.1 Å². The summed E-state index contributed by atoms with van der Waals surface area (Å²) in [6.07, 6.45) is -5.19. The molecular formula is C17H13ClF4N2O2. The number of amides is 2. The third-order valence-electron chi connectivity index (χ3n) is 3.29. The lowest BCUT2D eigenvalue weighted by Crippen LogP contribution is -2.27. The van der Waals surface area contributed by atoms with Gasteiger partial charge in [0.1, 0.15) is 12.2 Å². The predicted molar refractivity (Wildman–Crippen MR) is 87.9 cm³/mol. The fourth-order valence-corrected chi connectivity index (χ4v) is 2.17. The van der Waals surface area contributed by atoms with E-state index < -0.39 is 35.8 Å². The zero-order valence-electron chi connectivity index (χ0n) is 13.2. The average molecular weight is 389 g/mol. The number of nitrogens with one attached hydrogen (secondary N) is 2. The first kappa shape index (κ1) is 19.7. The summed E-state index contributed by atoms with van der Waals surface area (Å²) in [4.78, 5) is 23.6. The topological polar surface area (TPSA) is 58.2 Å². The molecule has 0 radical (unpaired) electrons. The molecule has 0 aliphatic heterocycles. The number of benzene rings is 2. The van der Waals surface area contributed by atoms with E-state index in [1.807, 2.05) is 0 Å². The lowest BCUT2D eigenvalue weighted by molar-refractivity contribution is -0.137. The molecule has 0 bridgehead atoms. The predicted octanol–water partition coefficient (Wildman–Crippen LogP) is 4.14. The Morgan fingerprint density at radius 2 is 1.65 bits per heavy atom. The molecule has 2 aromatic rings. The van der Waals surface area contributed by atoms with Gasteiger partial charge >= 0.3 is 6.18 Å². The molecule has 0 saturated heterocycles. The van der Waals surface area contributed by atoms with Crippen LogP contribution in [-0.4, -0.2) is 11.8 Å². The van der Waals surface area contributed by atoms with Crippen LogP contribution >= 0.6 is 11.6 Å². The highest BCUT2D eigenvalue weighted by Gasteiger charge is 2.31. The maximum Gasteiger partial charge on any atom is 0.416 e. The summed E-state index contributed by atoms with van der Waals surface area (Å²) < 4.78 is 50.8. The zero-order chi connectivity index (χ0) is 19.3. The number of alkyl halides is 3. The summed E-state index contributed by atoms with van der Waals surface area (Å²) in [6.45, 7) is 0.0801. The molecule has 26 heavy (non-hydrogen) atoms. The number of hydrogen-bond acceptors (Lipinski definition) is 2. The summed E-state index contributed by atoms with van der Waals surface area (Å²) in [5.41, 5.74) is -0.586. The average Bonchev–Trinajstić information content (AvgIpc) is 2.55. The molecule has 2 rings (SSSR count). The highest BCUT2D eigenvalue weighted by atomic mass is 35.5. The number of rotatable bonds is 5. The van der Waals surface area contributed by atoms with Gasteiger partial charge in [-0.2, -0.15) is 13.2 Å². The van der Waals surface area contributed by atoms with Crippen LogP contribution in [0.25, 0.3) is 0 Å². The Kier molecular flexibility index (Phi) is 6.20. The van der Waals surface area contributed by atoms with E-state index in [4.69, 9.17) is 11.6 Å². The van der Waals surface area contributed by atoms with E-state index in [9.17, 15) is 27.2 Å². The van der Waals surface area contributed by atoms with Crippen molar-refractivity contribution in [3.8, 4) is 0 Å². The van der Waals surface area contributed by atoms with Crippen molar-refractivity contribution in [3.05, 3.63) is 64.4 Å². The van der Waals surface area contributed by atoms with E-state index in [2.05, 4.69) is 10.6 Å². The molecule has 9 heteroatoms. The summed E-state index contributed by atoms with van der Waals surface area (Å²) in [5.74, 6) is -1.88. The lowest BCUT2D eigenvalue weighted by Gasteiger charge is -2.11. The molecule has 0 spiro atoms. The number of anilines is 1. The van der Waals surface area contributed by atoms with Crippen molar-refractivity contribution >= 4 is 29.1 Å². The Hall–Kier alpha value is -2.61. The number of carbonyl (C=O) groups excluding carboxylic acids is 2. The molecule has 0 heterocycles. The van der Waals surface area contributed by atoms with E-state index in [1.54, 1.807) is 0 Å². The standard InChI is InChI=1S/C17H13ClF4N2O2/c18-13-6-3-11(17(20,21)22)7-14(13)24-16(26)8-15(25)23-9-10-1-4-12(19)5-2-10/h1-7H,8-9H2,(H,23,25)(H,24,26). The van der Waals surface area contributed by atoms with Crippen molar-refractivity contribution in [2.75, 3.05) is 5.32 Å². The Balaban J connectivity index is 1.91. The quantitative estimate of drug-likeness (QED) is 0.597. The first-order valence-corrected chi connectivity index (χ1v) is 7.70. The molecule has 2 amide bonds. The van der Waals surface area contributed by atoms with Gasteiger partial charge in [0.25, 0.3) is 0 Å². The molecular weight excluding hydrogens is 376 g/mol. The van der Waals surface area contributed by atoms with Crippen LogP contribution in [0.4, 0.5) is 23.2 Å². The minimum Gasteiger partial charge on any atom is -0.352 e. The fraction of sp³-hybridized carbons (Fsp3) is 0.176. The van der Waals surface area contributed by atoms with Crippen molar-refractivity contribution in [3.63, 3.8) is 0 Å². The molecule has 2 N–H and O–H groups in total. The monoisotopic (exact) mass is 388 g/mol. The van der Waals surface area contributed by atoms with Gasteiger partial charge < -0.3 is 10.6 Å². The molecule has 0 aliphatic carbocycles. The minimum atomic E-state index is -4.59. The second kappa shape index (κ2) is 8.18. The number of halogens is 5. The first-order chi connectivity index (χ1) is 12.1. The van der Waals surface area contributed by atoms with Crippen LogP contribution in [0.5, 0.6) is 0 Å². The van der Waals surface area contributed by atoms with Crippen LogP contribution in [0.3, 0.4) is 0 Å². The van der Waals surface area contributed by atoms with Crippen LogP contribution in [0.15, 0.2) is 42.5 Å².